The van der Waals surface area contributed by atoms with Gasteiger partial charge in [0.25, 0.3) is 0 Å². The third-order valence-electron chi connectivity index (χ3n) is 2.40. The minimum Gasteiger partial charge on any atom is -0.388 e. The summed E-state index contributed by atoms with van der Waals surface area (Å²) in [5.74, 6) is 2.45. The van der Waals surface area contributed by atoms with Crippen LogP contribution in [0.3, 0.4) is 0 Å². The Labute approximate surface area is 68.9 Å². The maximum Gasteiger partial charge on any atom is 0.0905 e. The quantitative estimate of drug-likeness (QED) is 0.478. The molecule has 11 heavy (non-hydrogen) atoms. The van der Waals surface area contributed by atoms with Crippen LogP contribution in [0.2, 0.25) is 0 Å². The van der Waals surface area contributed by atoms with Gasteiger partial charge in [0, 0.05) is 6.54 Å². The van der Waals surface area contributed by atoms with Crippen molar-refractivity contribution >= 4 is 5.84 Å². The highest BCUT2D eigenvalue weighted by Crippen LogP contribution is 2.30. The molecule has 0 radical (unpaired) electrons. The Morgan fingerprint density at radius 1 is 1.55 bits per heavy atom. The van der Waals surface area contributed by atoms with E-state index in [1.54, 1.807) is 0 Å². The van der Waals surface area contributed by atoms with Crippen molar-refractivity contribution in [3.63, 3.8) is 0 Å². The zero-order chi connectivity index (χ0) is 8.27. The second-order valence-corrected chi connectivity index (χ2v) is 3.77. The van der Waals surface area contributed by atoms with Crippen LogP contribution >= 0.6 is 0 Å². The number of amidine groups is 1. The predicted octanol–water partition coefficient (Wildman–Crippen LogP) is 1.80. The van der Waals surface area contributed by atoms with E-state index in [4.69, 9.17) is 5.73 Å². The molecule has 2 nitrogen and oxygen atoms in total. The summed E-state index contributed by atoms with van der Waals surface area (Å²) in [4.78, 5) is 4.24. The summed E-state index contributed by atoms with van der Waals surface area (Å²) in [7, 11) is 0. The van der Waals surface area contributed by atoms with Crippen LogP contribution in [0.4, 0.5) is 0 Å². The molecule has 0 aromatic rings. The van der Waals surface area contributed by atoms with Crippen molar-refractivity contribution in [2.45, 2.75) is 33.1 Å². The highest BCUT2D eigenvalue weighted by atomic mass is 14.8. The zero-order valence-corrected chi connectivity index (χ0v) is 7.51. The van der Waals surface area contributed by atoms with Crippen molar-refractivity contribution in [3.8, 4) is 0 Å². The summed E-state index contributed by atoms with van der Waals surface area (Å²) in [6, 6.07) is 0. The number of hydrogen-bond donors (Lipinski definition) is 1. The van der Waals surface area contributed by atoms with Gasteiger partial charge in [-0.2, -0.15) is 0 Å². The summed E-state index contributed by atoms with van der Waals surface area (Å²) < 4.78 is 0. The van der Waals surface area contributed by atoms with Crippen molar-refractivity contribution in [1.82, 2.24) is 0 Å². The molecule has 0 aromatic carbocycles. The van der Waals surface area contributed by atoms with E-state index >= 15 is 0 Å². The Hall–Kier alpha value is -0.530. The minimum atomic E-state index is 0.726. The van der Waals surface area contributed by atoms with Crippen LogP contribution in [-0.4, -0.2) is 12.4 Å². The monoisotopic (exact) mass is 154 g/mol. The number of nitrogens with zero attached hydrogens (tertiary/aromatic N) is 1. The van der Waals surface area contributed by atoms with Crippen molar-refractivity contribution in [2.75, 3.05) is 6.54 Å². The lowest BCUT2D eigenvalue weighted by molar-refractivity contribution is 0.526. The molecule has 64 valence electrons. The van der Waals surface area contributed by atoms with Crippen LogP contribution < -0.4 is 5.73 Å². The topological polar surface area (TPSA) is 38.4 Å². The molecule has 2 N–H and O–H groups in total. The van der Waals surface area contributed by atoms with Crippen LogP contribution in [-0.2, 0) is 0 Å². The predicted molar refractivity (Wildman–Crippen MR) is 48.7 cm³/mol. The highest BCUT2D eigenvalue weighted by molar-refractivity contribution is 5.77. The smallest absolute Gasteiger partial charge is 0.0905 e. The first-order valence-corrected chi connectivity index (χ1v) is 4.45. The van der Waals surface area contributed by atoms with E-state index < -0.39 is 0 Å². The first-order chi connectivity index (χ1) is 5.18. The Kier molecular flexibility index (Phi) is 2.92. The van der Waals surface area contributed by atoms with Crippen molar-refractivity contribution in [1.29, 1.82) is 0 Å². The van der Waals surface area contributed by atoms with E-state index in [2.05, 4.69) is 11.9 Å². The van der Waals surface area contributed by atoms with E-state index in [1.807, 2.05) is 6.92 Å². The SMILES string of the molecule is CC(N)=NCC1CCC(C)C1. The summed E-state index contributed by atoms with van der Waals surface area (Å²) in [5, 5.41) is 0. The molecule has 1 aliphatic rings. The average molecular weight is 154 g/mol. The molecule has 2 heteroatoms. The third-order valence-corrected chi connectivity index (χ3v) is 2.40. The fourth-order valence-electron chi connectivity index (χ4n) is 1.76. The van der Waals surface area contributed by atoms with Crippen molar-refractivity contribution < 1.29 is 0 Å². The van der Waals surface area contributed by atoms with E-state index in [0.29, 0.717) is 0 Å². The van der Waals surface area contributed by atoms with Crippen LogP contribution in [0.25, 0.3) is 0 Å². The van der Waals surface area contributed by atoms with Crippen LogP contribution in [0.15, 0.2) is 4.99 Å². The maximum absolute atomic E-state index is 5.46. The van der Waals surface area contributed by atoms with E-state index in [-0.39, 0.29) is 0 Å². The summed E-state index contributed by atoms with van der Waals surface area (Å²) >= 11 is 0. The summed E-state index contributed by atoms with van der Waals surface area (Å²) in [6.45, 7) is 5.13. The molecule has 0 aliphatic heterocycles. The van der Waals surface area contributed by atoms with Crippen LogP contribution in [0.1, 0.15) is 33.1 Å². The third kappa shape index (κ3) is 2.91. The fourth-order valence-corrected chi connectivity index (χ4v) is 1.76. The first kappa shape index (κ1) is 8.57. The molecule has 1 rings (SSSR count). The van der Waals surface area contributed by atoms with Crippen LogP contribution in [0.5, 0.6) is 0 Å². The van der Waals surface area contributed by atoms with Gasteiger partial charge in [0.15, 0.2) is 0 Å². The Morgan fingerprint density at radius 3 is 2.73 bits per heavy atom. The van der Waals surface area contributed by atoms with Gasteiger partial charge in [-0.1, -0.05) is 13.3 Å². The highest BCUT2D eigenvalue weighted by Gasteiger charge is 2.20. The van der Waals surface area contributed by atoms with Gasteiger partial charge in [0.1, 0.15) is 0 Å². The van der Waals surface area contributed by atoms with Gasteiger partial charge < -0.3 is 5.73 Å². The standard InChI is InChI=1S/C9H18N2/c1-7-3-4-9(5-7)6-11-8(2)10/h7,9H,3-6H2,1-2H3,(H2,10,11). The Bertz CT molecular complexity index is 148. The van der Waals surface area contributed by atoms with Crippen molar-refractivity contribution in [2.24, 2.45) is 22.6 Å². The second kappa shape index (κ2) is 3.74. The average Bonchev–Trinajstić information content (AvgIpc) is 2.31. The number of hydrogen-bond acceptors (Lipinski definition) is 1. The number of aliphatic imine (C=N–C) groups is 1. The maximum atomic E-state index is 5.46. The van der Waals surface area contributed by atoms with Crippen molar-refractivity contribution in [3.05, 3.63) is 0 Å². The van der Waals surface area contributed by atoms with Gasteiger partial charge in [0.2, 0.25) is 0 Å². The van der Waals surface area contributed by atoms with E-state index in [0.717, 1.165) is 24.2 Å². The van der Waals surface area contributed by atoms with Gasteiger partial charge in [0.05, 0.1) is 5.84 Å². The molecule has 1 saturated carbocycles. The summed E-state index contributed by atoms with van der Waals surface area (Å²) in [5.41, 5.74) is 5.46. The lowest BCUT2D eigenvalue weighted by atomic mass is 10.1. The fraction of sp³-hybridized carbons (Fsp3) is 0.889. The minimum absolute atomic E-state index is 0.726. The van der Waals surface area contributed by atoms with Gasteiger partial charge >= 0.3 is 0 Å². The molecule has 0 spiro atoms. The molecule has 0 aromatic heterocycles. The van der Waals surface area contributed by atoms with Crippen LogP contribution in [0, 0.1) is 11.8 Å². The van der Waals surface area contributed by atoms with Gasteiger partial charge in [-0.05, 0) is 31.6 Å². The molecule has 0 amide bonds. The van der Waals surface area contributed by atoms with Gasteiger partial charge in [-0.15, -0.1) is 0 Å². The molecule has 0 saturated heterocycles. The number of rotatable bonds is 2. The summed E-state index contributed by atoms with van der Waals surface area (Å²) in [6.07, 6.45) is 4.07. The van der Waals surface area contributed by atoms with E-state index in [1.165, 1.54) is 19.3 Å². The molecular formula is C9H18N2. The number of nitrogens with two attached hydrogens (primary N) is 1. The molecule has 2 atom stereocenters. The normalized spacial score (nSPS) is 32.7. The molecule has 1 fully saturated rings. The Morgan fingerprint density at radius 2 is 2.27 bits per heavy atom. The molecule has 2 unspecified atom stereocenters. The Balaban J connectivity index is 2.23. The van der Waals surface area contributed by atoms with Gasteiger partial charge in [-0.25, -0.2) is 0 Å². The second-order valence-electron chi connectivity index (χ2n) is 3.77. The lowest BCUT2D eigenvalue weighted by Gasteiger charge is -2.04. The zero-order valence-electron chi connectivity index (χ0n) is 7.51. The molecular weight excluding hydrogens is 136 g/mol. The lowest BCUT2D eigenvalue weighted by Crippen LogP contribution is -2.09. The van der Waals surface area contributed by atoms with Gasteiger partial charge in [-0.3, -0.25) is 4.99 Å². The first-order valence-electron chi connectivity index (χ1n) is 4.45. The molecule has 1 aliphatic carbocycles. The largest absolute Gasteiger partial charge is 0.388 e. The molecule has 0 bridgehead atoms. The van der Waals surface area contributed by atoms with E-state index in [9.17, 15) is 0 Å². The molecule has 0 heterocycles.